The highest BCUT2D eigenvalue weighted by Gasteiger charge is 2.10. The van der Waals surface area contributed by atoms with Crippen LogP contribution in [0.5, 0.6) is 0 Å². The summed E-state index contributed by atoms with van der Waals surface area (Å²) in [4.78, 5) is 13.3. The molecule has 0 saturated heterocycles. The second-order valence-corrected chi connectivity index (χ2v) is 4.18. The van der Waals surface area contributed by atoms with Gasteiger partial charge in [-0.1, -0.05) is 56.0 Å². The summed E-state index contributed by atoms with van der Waals surface area (Å²) in [5.41, 5.74) is 0.907. The van der Waals surface area contributed by atoms with Gasteiger partial charge in [0.15, 0.2) is 6.10 Å². The predicted molar refractivity (Wildman–Crippen MR) is 76.5 cm³/mol. The summed E-state index contributed by atoms with van der Waals surface area (Å²) in [7, 11) is 0. The molecule has 0 aliphatic carbocycles. The summed E-state index contributed by atoms with van der Waals surface area (Å²) < 4.78 is 5.25. The van der Waals surface area contributed by atoms with Gasteiger partial charge in [0.1, 0.15) is 0 Å². The molecule has 3 nitrogen and oxygen atoms in total. The highest BCUT2D eigenvalue weighted by atomic mass is 16.5. The topological polar surface area (TPSA) is 29.5 Å². The minimum absolute atomic E-state index is 0.314. The second kappa shape index (κ2) is 8.34. The number of benzene rings is 1. The third-order valence-corrected chi connectivity index (χ3v) is 2.82. The Balaban J connectivity index is 2.76. The maximum atomic E-state index is 11.1. The van der Waals surface area contributed by atoms with E-state index >= 15 is 0 Å². The molecule has 0 unspecified atom stereocenters. The van der Waals surface area contributed by atoms with Gasteiger partial charge in [-0.3, -0.25) is 9.69 Å². The van der Waals surface area contributed by atoms with E-state index in [1.165, 1.54) is 6.92 Å². The highest BCUT2D eigenvalue weighted by molar-refractivity contribution is 5.66. The molecule has 1 aromatic rings. The first kappa shape index (κ1) is 15.3. The van der Waals surface area contributed by atoms with Crippen molar-refractivity contribution < 1.29 is 9.53 Å². The maximum Gasteiger partial charge on any atom is 0.304 e. The Morgan fingerprint density at radius 2 is 1.89 bits per heavy atom. The normalized spacial score (nSPS) is 11.6. The van der Waals surface area contributed by atoms with Crippen LogP contribution in [0.2, 0.25) is 0 Å². The maximum absolute atomic E-state index is 11.1. The lowest BCUT2D eigenvalue weighted by atomic mass is 10.1. The molecule has 1 aromatic carbocycles. The zero-order chi connectivity index (χ0) is 14.1. The molecule has 0 radical (unpaired) electrons. The van der Waals surface area contributed by atoms with Crippen molar-refractivity contribution in [1.82, 2.24) is 4.90 Å². The summed E-state index contributed by atoms with van der Waals surface area (Å²) in [5.74, 6) is 5.81. The minimum atomic E-state index is -0.478. The van der Waals surface area contributed by atoms with Crippen molar-refractivity contribution in [3.63, 3.8) is 0 Å². The molecule has 0 N–H and O–H groups in total. The van der Waals surface area contributed by atoms with E-state index in [4.69, 9.17) is 4.74 Å². The van der Waals surface area contributed by atoms with Crippen molar-refractivity contribution in [3.05, 3.63) is 35.9 Å². The molecule has 0 saturated carbocycles. The number of nitrogens with zero attached hydrogens (tertiary/aromatic N) is 1. The summed E-state index contributed by atoms with van der Waals surface area (Å²) >= 11 is 0. The lowest BCUT2D eigenvalue weighted by Crippen LogP contribution is -2.23. The summed E-state index contributed by atoms with van der Waals surface area (Å²) in [5, 5.41) is 0. The summed E-state index contributed by atoms with van der Waals surface area (Å²) in [6.45, 7) is 8.24. The fourth-order valence-electron chi connectivity index (χ4n) is 1.67. The van der Waals surface area contributed by atoms with Gasteiger partial charge >= 0.3 is 5.97 Å². The number of rotatable bonds is 5. The van der Waals surface area contributed by atoms with Crippen LogP contribution in [0, 0.1) is 11.8 Å². The van der Waals surface area contributed by atoms with Crippen LogP contribution in [0.3, 0.4) is 0 Å². The van der Waals surface area contributed by atoms with Crippen molar-refractivity contribution >= 4 is 5.97 Å². The number of esters is 1. The quantitative estimate of drug-likeness (QED) is 0.601. The van der Waals surface area contributed by atoms with E-state index in [-0.39, 0.29) is 5.97 Å². The Hall–Kier alpha value is -1.79. The molecule has 0 amide bonds. The largest absolute Gasteiger partial charge is 0.444 e. The molecule has 0 aromatic heterocycles. The van der Waals surface area contributed by atoms with Gasteiger partial charge in [-0.25, -0.2) is 0 Å². The predicted octanol–water partition coefficient (Wildman–Crippen LogP) is 2.64. The third kappa shape index (κ3) is 5.58. The van der Waals surface area contributed by atoms with Crippen molar-refractivity contribution in [3.8, 4) is 11.8 Å². The number of carbonyl (C=O) groups excluding carboxylic acids is 1. The van der Waals surface area contributed by atoms with Crippen LogP contribution in [0.4, 0.5) is 0 Å². The van der Waals surface area contributed by atoms with E-state index in [1.807, 2.05) is 30.3 Å². The molecule has 0 aliphatic heterocycles. The molecule has 0 fully saturated rings. The number of carbonyl (C=O) groups is 1. The Labute approximate surface area is 115 Å². The van der Waals surface area contributed by atoms with E-state index in [9.17, 15) is 4.79 Å². The van der Waals surface area contributed by atoms with Gasteiger partial charge in [-0.2, -0.15) is 0 Å². The first-order valence-corrected chi connectivity index (χ1v) is 6.60. The van der Waals surface area contributed by atoms with Gasteiger partial charge in [0.2, 0.25) is 0 Å². The molecule has 3 heteroatoms. The highest BCUT2D eigenvalue weighted by Crippen LogP contribution is 2.16. The number of hydrogen-bond acceptors (Lipinski definition) is 3. The molecule has 1 atom stereocenters. The third-order valence-electron chi connectivity index (χ3n) is 2.82. The lowest BCUT2D eigenvalue weighted by molar-refractivity contribution is -0.144. The van der Waals surface area contributed by atoms with Gasteiger partial charge in [-0.05, 0) is 13.1 Å². The Morgan fingerprint density at radius 3 is 2.42 bits per heavy atom. The molecule has 1 rings (SSSR count). The smallest absolute Gasteiger partial charge is 0.304 e. The van der Waals surface area contributed by atoms with E-state index in [0.717, 1.165) is 18.7 Å². The SMILES string of the molecule is CCN(CC)CC#C[C@@H](OC(C)=O)c1ccccc1. The summed E-state index contributed by atoms with van der Waals surface area (Å²) in [6, 6.07) is 9.59. The standard InChI is InChI=1S/C16H21NO2/c1-4-17(5-2)13-9-12-16(19-14(3)18)15-10-7-6-8-11-15/h6-8,10-11,16H,4-5,13H2,1-3H3/t16-/m1/s1. The van der Waals surface area contributed by atoms with Gasteiger partial charge in [0.05, 0.1) is 6.54 Å². The molecular formula is C16H21NO2. The van der Waals surface area contributed by atoms with Crippen molar-refractivity contribution in [2.45, 2.75) is 26.9 Å². The van der Waals surface area contributed by atoms with Crippen LogP contribution in [-0.2, 0) is 9.53 Å². The van der Waals surface area contributed by atoms with Crippen LogP contribution in [0.15, 0.2) is 30.3 Å². The molecule has 102 valence electrons. The van der Waals surface area contributed by atoms with Crippen LogP contribution in [0.1, 0.15) is 32.4 Å². The summed E-state index contributed by atoms with van der Waals surface area (Å²) in [6.07, 6.45) is -0.478. The van der Waals surface area contributed by atoms with Gasteiger partial charge in [0, 0.05) is 12.5 Å². The molecule has 0 aliphatic rings. The molecule has 0 spiro atoms. The van der Waals surface area contributed by atoms with E-state index in [1.54, 1.807) is 0 Å². The fourth-order valence-corrected chi connectivity index (χ4v) is 1.67. The zero-order valence-corrected chi connectivity index (χ0v) is 11.8. The molecule has 0 heterocycles. The second-order valence-electron chi connectivity index (χ2n) is 4.18. The Kier molecular flexibility index (Phi) is 6.70. The van der Waals surface area contributed by atoms with E-state index in [2.05, 4.69) is 30.6 Å². The first-order chi connectivity index (χ1) is 9.17. The minimum Gasteiger partial charge on any atom is -0.444 e. The fraction of sp³-hybridized carbons (Fsp3) is 0.438. The van der Waals surface area contributed by atoms with Crippen molar-refractivity contribution in [2.75, 3.05) is 19.6 Å². The Morgan fingerprint density at radius 1 is 1.26 bits per heavy atom. The lowest BCUT2D eigenvalue weighted by Gasteiger charge is -2.14. The van der Waals surface area contributed by atoms with Crippen molar-refractivity contribution in [2.24, 2.45) is 0 Å². The molecule has 19 heavy (non-hydrogen) atoms. The van der Waals surface area contributed by atoms with Crippen LogP contribution >= 0.6 is 0 Å². The van der Waals surface area contributed by atoms with Crippen LogP contribution < -0.4 is 0 Å². The average molecular weight is 259 g/mol. The van der Waals surface area contributed by atoms with E-state index in [0.29, 0.717) is 6.54 Å². The van der Waals surface area contributed by atoms with E-state index < -0.39 is 6.10 Å². The number of hydrogen-bond donors (Lipinski definition) is 0. The average Bonchev–Trinajstić information content (AvgIpc) is 2.43. The monoisotopic (exact) mass is 259 g/mol. The van der Waals surface area contributed by atoms with Gasteiger partial charge < -0.3 is 4.74 Å². The Bertz CT molecular complexity index is 441. The van der Waals surface area contributed by atoms with Crippen LogP contribution in [-0.4, -0.2) is 30.5 Å². The van der Waals surface area contributed by atoms with Crippen LogP contribution in [0.25, 0.3) is 0 Å². The van der Waals surface area contributed by atoms with Crippen molar-refractivity contribution in [1.29, 1.82) is 0 Å². The molecule has 0 bridgehead atoms. The van der Waals surface area contributed by atoms with Gasteiger partial charge in [-0.15, -0.1) is 0 Å². The first-order valence-electron chi connectivity index (χ1n) is 6.60. The zero-order valence-electron chi connectivity index (χ0n) is 11.8. The van der Waals surface area contributed by atoms with Gasteiger partial charge in [0.25, 0.3) is 0 Å². The number of ether oxygens (including phenoxy) is 1. The molecular weight excluding hydrogens is 238 g/mol.